The molecule has 0 amide bonds. The quantitative estimate of drug-likeness (QED) is 0.272. The third-order valence-electron chi connectivity index (χ3n) is 4.25. The molecule has 0 saturated carbocycles. The second-order valence-corrected chi connectivity index (χ2v) is 7.08. The number of carbonyl (C=O) groups is 2. The average molecular weight is 517 g/mol. The highest BCUT2D eigenvalue weighted by Gasteiger charge is 2.17. The van der Waals surface area contributed by atoms with E-state index in [1.165, 1.54) is 27.2 Å². The van der Waals surface area contributed by atoms with Crippen LogP contribution in [0.25, 0.3) is 21.8 Å². The number of hydrogen-bond acceptors (Lipinski definition) is 10. The van der Waals surface area contributed by atoms with Crippen LogP contribution in [-0.2, 0) is 0 Å². The van der Waals surface area contributed by atoms with E-state index in [9.17, 15) is 19.8 Å². The number of aromatic nitrogens is 4. The van der Waals surface area contributed by atoms with Crippen LogP contribution >= 0.6 is 15.9 Å². The SMILES string of the molecule is CC(=O)c1nc(Br)c2cccnc2c1O.CO.COc1nc(C(C)=O)c(O)c2ncccc12. The van der Waals surface area contributed by atoms with E-state index in [2.05, 4.69) is 35.9 Å². The number of fused-ring (bicyclic) bond motifs is 2. The lowest BCUT2D eigenvalue weighted by Gasteiger charge is -2.08. The summed E-state index contributed by atoms with van der Waals surface area (Å²) in [5, 5.41) is 27.9. The fraction of sp³-hybridized carbons (Fsp3) is 0.182. The van der Waals surface area contributed by atoms with Crippen molar-refractivity contribution in [1.29, 1.82) is 0 Å². The van der Waals surface area contributed by atoms with Crippen molar-refractivity contribution < 1.29 is 29.6 Å². The maximum atomic E-state index is 11.3. The van der Waals surface area contributed by atoms with Gasteiger partial charge in [-0.25, -0.2) is 9.97 Å². The van der Waals surface area contributed by atoms with Gasteiger partial charge in [-0.2, -0.15) is 0 Å². The lowest BCUT2D eigenvalue weighted by atomic mass is 10.2. The molecule has 4 aromatic heterocycles. The topological polar surface area (TPSA) is 156 Å². The Morgan fingerprint density at radius 2 is 1.30 bits per heavy atom. The van der Waals surface area contributed by atoms with E-state index in [-0.39, 0.29) is 40.3 Å². The summed E-state index contributed by atoms with van der Waals surface area (Å²) in [4.78, 5) is 38.4. The van der Waals surface area contributed by atoms with Crippen LogP contribution in [0.4, 0.5) is 0 Å². The van der Waals surface area contributed by atoms with Crippen LogP contribution in [0.15, 0.2) is 41.3 Å². The third kappa shape index (κ3) is 5.38. The highest BCUT2D eigenvalue weighted by Crippen LogP contribution is 2.32. The molecule has 33 heavy (non-hydrogen) atoms. The highest BCUT2D eigenvalue weighted by molar-refractivity contribution is 9.10. The Bertz CT molecular complexity index is 1330. The predicted molar refractivity (Wildman–Crippen MR) is 125 cm³/mol. The number of pyridine rings is 4. The molecule has 11 heteroatoms. The number of ketones is 2. The van der Waals surface area contributed by atoms with Crippen molar-refractivity contribution >= 4 is 49.3 Å². The van der Waals surface area contributed by atoms with E-state index >= 15 is 0 Å². The average Bonchev–Trinajstić information content (AvgIpc) is 2.83. The molecule has 0 saturated heterocycles. The van der Waals surface area contributed by atoms with Crippen LogP contribution in [0, 0.1) is 0 Å². The van der Waals surface area contributed by atoms with Gasteiger partial charge in [-0.1, -0.05) is 0 Å². The number of Topliss-reactive ketones (excluding diaryl/α,β-unsaturated/α-hetero) is 2. The fourth-order valence-electron chi connectivity index (χ4n) is 2.82. The first kappa shape index (κ1) is 25.6. The molecular formula is C22H21BrN4O6. The molecule has 0 atom stereocenters. The number of aliphatic hydroxyl groups excluding tert-OH is 1. The summed E-state index contributed by atoms with van der Waals surface area (Å²) < 4.78 is 5.57. The first-order valence-corrected chi connectivity index (χ1v) is 10.2. The molecule has 0 bridgehead atoms. The molecule has 0 aliphatic heterocycles. The van der Waals surface area contributed by atoms with Crippen molar-refractivity contribution in [2.75, 3.05) is 14.2 Å². The van der Waals surface area contributed by atoms with Gasteiger partial charge in [0.1, 0.15) is 15.6 Å². The molecule has 0 aliphatic carbocycles. The van der Waals surface area contributed by atoms with E-state index in [4.69, 9.17) is 9.84 Å². The second kappa shape index (κ2) is 11.2. The first-order chi connectivity index (χ1) is 15.8. The van der Waals surface area contributed by atoms with Gasteiger partial charge < -0.3 is 20.1 Å². The Morgan fingerprint density at radius 1 is 0.848 bits per heavy atom. The zero-order valence-electron chi connectivity index (χ0n) is 18.2. The molecule has 172 valence electrons. The van der Waals surface area contributed by atoms with Gasteiger partial charge in [-0.3, -0.25) is 19.6 Å². The minimum Gasteiger partial charge on any atom is -0.504 e. The molecule has 0 unspecified atom stereocenters. The van der Waals surface area contributed by atoms with Gasteiger partial charge in [-0.05, 0) is 40.2 Å². The van der Waals surface area contributed by atoms with E-state index in [1.54, 1.807) is 30.5 Å². The highest BCUT2D eigenvalue weighted by atomic mass is 79.9. The standard InChI is InChI=1S/C11H10N2O3.C10H7BrN2O2.CH4O/c1-6(14)8-10(15)9-7(4-3-5-12-9)11(13-8)16-2;1-5(14)7-9(15)8-6(10(11)13-7)3-2-4-12-8;1-2/h3-5,15H,1-2H3;2-4,15H,1H3;2H,1H3. The van der Waals surface area contributed by atoms with Gasteiger partial charge in [-0.15, -0.1) is 0 Å². The fourth-order valence-corrected chi connectivity index (χ4v) is 3.32. The molecular weight excluding hydrogens is 496 g/mol. The molecule has 10 nitrogen and oxygen atoms in total. The zero-order valence-corrected chi connectivity index (χ0v) is 19.8. The van der Waals surface area contributed by atoms with Crippen molar-refractivity contribution in [2.24, 2.45) is 0 Å². The van der Waals surface area contributed by atoms with Crippen LogP contribution in [0.1, 0.15) is 34.8 Å². The monoisotopic (exact) mass is 516 g/mol. The van der Waals surface area contributed by atoms with Crippen LogP contribution < -0.4 is 4.74 Å². The van der Waals surface area contributed by atoms with Gasteiger partial charge >= 0.3 is 0 Å². The van der Waals surface area contributed by atoms with Crippen LogP contribution in [0.3, 0.4) is 0 Å². The van der Waals surface area contributed by atoms with Crippen LogP contribution in [0.5, 0.6) is 17.4 Å². The Kier molecular flexibility index (Phi) is 8.71. The minimum atomic E-state index is -0.330. The van der Waals surface area contributed by atoms with Gasteiger partial charge in [0.25, 0.3) is 0 Å². The van der Waals surface area contributed by atoms with Gasteiger partial charge in [0.15, 0.2) is 34.5 Å². The summed E-state index contributed by atoms with van der Waals surface area (Å²) >= 11 is 3.24. The predicted octanol–water partition coefficient (Wildman–Crippen LogP) is 3.46. The van der Waals surface area contributed by atoms with Crippen LogP contribution in [-0.4, -0.2) is 61.0 Å². The molecule has 3 N–H and O–H groups in total. The number of rotatable bonds is 3. The third-order valence-corrected chi connectivity index (χ3v) is 4.85. The number of ether oxygens (including phenoxy) is 1. The molecule has 0 radical (unpaired) electrons. The molecule has 0 fully saturated rings. The van der Waals surface area contributed by atoms with Gasteiger partial charge in [0, 0.05) is 38.7 Å². The summed E-state index contributed by atoms with van der Waals surface area (Å²) in [7, 11) is 2.45. The van der Waals surface area contributed by atoms with E-state index in [1.807, 2.05) is 0 Å². The first-order valence-electron chi connectivity index (χ1n) is 9.37. The maximum Gasteiger partial charge on any atom is 0.223 e. The summed E-state index contributed by atoms with van der Waals surface area (Å²) in [5.74, 6) is -0.708. The summed E-state index contributed by atoms with van der Waals surface area (Å²) in [6, 6.07) is 6.93. The molecule has 4 aromatic rings. The zero-order chi connectivity index (χ0) is 24.7. The minimum absolute atomic E-state index is 0.0250. The molecule has 0 spiro atoms. The summed E-state index contributed by atoms with van der Waals surface area (Å²) in [6.07, 6.45) is 3.09. The van der Waals surface area contributed by atoms with Crippen molar-refractivity contribution in [3.63, 3.8) is 0 Å². The van der Waals surface area contributed by atoms with Crippen molar-refractivity contribution in [3.05, 3.63) is 52.7 Å². The molecule has 4 rings (SSSR count). The van der Waals surface area contributed by atoms with Crippen molar-refractivity contribution in [1.82, 2.24) is 19.9 Å². The van der Waals surface area contributed by atoms with Gasteiger partial charge in [0.05, 0.1) is 12.5 Å². The van der Waals surface area contributed by atoms with Crippen molar-refractivity contribution in [2.45, 2.75) is 13.8 Å². The largest absolute Gasteiger partial charge is 0.504 e. The van der Waals surface area contributed by atoms with E-state index in [0.29, 0.717) is 26.4 Å². The lowest BCUT2D eigenvalue weighted by molar-refractivity contribution is 0.0997. The van der Waals surface area contributed by atoms with Gasteiger partial charge in [0.2, 0.25) is 5.88 Å². The number of aromatic hydroxyl groups is 2. The normalized spacial score (nSPS) is 10.0. The summed E-state index contributed by atoms with van der Waals surface area (Å²) in [6.45, 7) is 2.68. The molecule has 0 aromatic carbocycles. The summed E-state index contributed by atoms with van der Waals surface area (Å²) in [5.41, 5.74) is 0.709. The second-order valence-electron chi connectivity index (χ2n) is 6.33. The van der Waals surface area contributed by atoms with Crippen molar-refractivity contribution in [3.8, 4) is 17.4 Å². The smallest absolute Gasteiger partial charge is 0.223 e. The molecule has 0 aliphatic rings. The van der Waals surface area contributed by atoms with E-state index < -0.39 is 0 Å². The van der Waals surface area contributed by atoms with Crippen LogP contribution in [0.2, 0.25) is 0 Å². The number of aliphatic hydroxyl groups is 1. The number of carbonyl (C=O) groups excluding carboxylic acids is 2. The number of methoxy groups -OCH3 is 1. The maximum absolute atomic E-state index is 11.3. The Hall–Kier alpha value is -3.70. The lowest BCUT2D eigenvalue weighted by Crippen LogP contribution is -2.01. The Balaban J connectivity index is 0.000000218. The number of halogens is 1. The Morgan fingerprint density at radius 3 is 1.79 bits per heavy atom. The van der Waals surface area contributed by atoms with E-state index in [0.717, 1.165) is 7.11 Å². The number of hydrogen-bond donors (Lipinski definition) is 3. The number of nitrogens with zero attached hydrogens (tertiary/aromatic N) is 4. The Labute approximate surface area is 197 Å². The molecule has 4 heterocycles.